The van der Waals surface area contributed by atoms with Crippen molar-refractivity contribution >= 4 is 22.8 Å². The Bertz CT molecular complexity index is 1070. The van der Waals surface area contributed by atoms with E-state index < -0.39 is 51.8 Å². The molecule has 12 heteroatoms. The minimum absolute atomic E-state index is 0.0178. The summed E-state index contributed by atoms with van der Waals surface area (Å²) >= 11 is 5.94. The van der Waals surface area contributed by atoms with E-state index >= 15 is 0 Å². The fourth-order valence-corrected chi connectivity index (χ4v) is 4.53. The zero-order chi connectivity index (χ0) is 26.0. The highest BCUT2D eigenvalue weighted by Gasteiger charge is 2.53. The van der Waals surface area contributed by atoms with Gasteiger partial charge in [-0.2, -0.15) is 26.3 Å². The Hall–Kier alpha value is -2.82. The van der Waals surface area contributed by atoms with Gasteiger partial charge in [0.05, 0.1) is 22.7 Å². The lowest BCUT2D eigenvalue weighted by atomic mass is 9.82. The van der Waals surface area contributed by atoms with E-state index in [1.54, 1.807) is 6.92 Å². The number of hydrogen-bond acceptors (Lipinski definition) is 4. The first-order valence-corrected chi connectivity index (χ1v) is 11.1. The van der Waals surface area contributed by atoms with E-state index in [0.29, 0.717) is 12.5 Å². The van der Waals surface area contributed by atoms with Crippen molar-refractivity contribution in [2.75, 3.05) is 6.54 Å². The van der Waals surface area contributed by atoms with Crippen LogP contribution < -0.4 is 4.74 Å². The maximum Gasteiger partial charge on any atom is 0.417 e. The Labute approximate surface area is 202 Å². The molecule has 35 heavy (non-hydrogen) atoms. The number of benzene rings is 1. The number of piperidine rings is 1. The topological polar surface area (TPSA) is 59.5 Å². The fraction of sp³-hybridized carbons (Fsp3) is 0.435. The third kappa shape index (κ3) is 5.55. The molecule has 1 aliphatic rings. The van der Waals surface area contributed by atoms with Gasteiger partial charge in [0.25, 0.3) is 11.1 Å². The molecular weight excluding hydrogens is 502 g/mol. The summed E-state index contributed by atoms with van der Waals surface area (Å²) < 4.78 is 85.2. The molecule has 0 radical (unpaired) electrons. The van der Waals surface area contributed by atoms with Gasteiger partial charge in [0.1, 0.15) is 5.75 Å². The number of hydrogen-bond donors (Lipinski definition) is 0. The molecule has 2 aromatic rings. The molecule has 5 nitrogen and oxygen atoms in total. The van der Waals surface area contributed by atoms with Crippen molar-refractivity contribution in [3.8, 4) is 5.75 Å². The molecule has 1 amide bonds. The fourth-order valence-electron chi connectivity index (χ4n) is 4.27. The number of rotatable bonds is 6. The summed E-state index contributed by atoms with van der Waals surface area (Å²) in [7, 11) is 0. The summed E-state index contributed by atoms with van der Waals surface area (Å²) in [5, 5.41) is -1.00. The van der Waals surface area contributed by atoms with Crippen LogP contribution >= 0.6 is 11.6 Å². The van der Waals surface area contributed by atoms with Gasteiger partial charge in [-0.05, 0) is 61.2 Å². The van der Waals surface area contributed by atoms with E-state index in [0.717, 1.165) is 41.6 Å². The van der Waals surface area contributed by atoms with Gasteiger partial charge in [0.15, 0.2) is 0 Å². The van der Waals surface area contributed by atoms with Crippen LogP contribution in [0.1, 0.15) is 54.1 Å². The number of pyridine rings is 1. The first kappa shape index (κ1) is 26.8. The minimum atomic E-state index is -4.82. The van der Waals surface area contributed by atoms with E-state index in [2.05, 4.69) is 4.98 Å². The number of alkyl halides is 6. The monoisotopic (exact) mass is 522 g/mol. The highest BCUT2D eigenvalue weighted by molar-refractivity contribution is 6.65. The smallest absolute Gasteiger partial charge is 0.417 e. The highest BCUT2D eigenvalue weighted by Crippen LogP contribution is 2.40. The Morgan fingerprint density at radius 3 is 2.31 bits per heavy atom. The predicted octanol–water partition coefficient (Wildman–Crippen LogP) is 6.11. The van der Waals surface area contributed by atoms with Crippen LogP contribution in [0.25, 0.3) is 0 Å². The van der Waals surface area contributed by atoms with E-state index in [1.807, 2.05) is 0 Å². The Morgan fingerprint density at radius 1 is 1.11 bits per heavy atom. The van der Waals surface area contributed by atoms with Gasteiger partial charge in [-0.1, -0.05) is 13.3 Å². The maximum atomic E-state index is 13.5. The summed E-state index contributed by atoms with van der Waals surface area (Å²) in [6, 6.07) is 3.21. The third-order valence-electron chi connectivity index (χ3n) is 5.86. The molecule has 1 saturated heterocycles. The Balaban J connectivity index is 2.02. The first-order valence-electron chi connectivity index (χ1n) is 10.7. The van der Waals surface area contributed by atoms with Crippen molar-refractivity contribution < 1.29 is 40.7 Å². The number of nitrogens with zero attached hydrogens (tertiary/aromatic N) is 2. The molecule has 0 bridgehead atoms. The molecule has 190 valence electrons. The lowest BCUT2D eigenvalue weighted by Crippen LogP contribution is -2.64. The molecule has 2 unspecified atom stereocenters. The van der Waals surface area contributed by atoms with E-state index in [1.165, 1.54) is 0 Å². The molecule has 1 fully saturated rings. The van der Waals surface area contributed by atoms with Crippen molar-refractivity contribution in [3.63, 3.8) is 0 Å². The van der Waals surface area contributed by atoms with Crippen molar-refractivity contribution in [2.45, 2.75) is 56.6 Å². The molecule has 3 rings (SSSR count). The van der Waals surface area contributed by atoms with E-state index in [9.17, 15) is 35.9 Å². The maximum absolute atomic E-state index is 13.5. The summed E-state index contributed by atoms with van der Waals surface area (Å²) in [6.07, 6.45) is -6.94. The van der Waals surface area contributed by atoms with Crippen LogP contribution in [0.5, 0.6) is 5.75 Å². The normalized spacial score (nSPS) is 21.0. The van der Waals surface area contributed by atoms with E-state index in [4.69, 9.17) is 16.3 Å². The molecule has 1 aromatic carbocycles. The molecule has 0 N–H and O–H groups in total. The first-order chi connectivity index (χ1) is 16.3. The number of carbonyl (C=O) groups is 2. The molecule has 2 atom stereocenters. The zero-order valence-electron chi connectivity index (χ0n) is 18.4. The lowest BCUT2D eigenvalue weighted by molar-refractivity contribution is -0.139. The molecule has 0 saturated carbocycles. The van der Waals surface area contributed by atoms with Crippen molar-refractivity contribution in [3.05, 3.63) is 59.4 Å². The number of ether oxygens (including phenoxy) is 1. The quantitative estimate of drug-likeness (QED) is 0.339. The third-order valence-corrected chi connectivity index (χ3v) is 6.18. The second-order valence-electron chi connectivity index (χ2n) is 8.11. The van der Waals surface area contributed by atoms with Crippen molar-refractivity contribution in [1.29, 1.82) is 0 Å². The molecule has 1 aliphatic heterocycles. The van der Waals surface area contributed by atoms with Crippen LogP contribution in [0.3, 0.4) is 0 Å². The Morgan fingerprint density at radius 2 is 1.77 bits per heavy atom. The van der Waals surface area contributed by atoms with Gasteiger partial charge >= 0.3 is 12.4 Å². The molecule has 0 spiro atoms. The molecule has 1 aromatic heterocycles. The number of carbonyl (C=O) groups excluding carboxylic acids is 2. The standard InChI is InChI=1S/C23H21ClF6N2O3/c1-2-4-18-21(20(24)34,35-15-7-5-14(6-8-15)22(25,26)27)10-3-12-32(18)19(33)16-13-31-11-9-17(16)23(28,29)30/h5-9,11,13,18H,2-4,10,12H2,1H3. The number of amides is 1. The van der Waals surface area contributed by atoms with Crippen molar-refractivity contribution in [1.82, 2.24) is 9.88 Å². The summed E-state index contributed by atoms with van der Waals surface area (Å²) in [5.74, 6) is -1.10. The van der Waals surface area contributed by atoms with Gasteiger partial charge in [0.2, 0.25) is 5.60 Å². The van der Waals surface area contributed by atoms with Crippen LogP contribution in [0.4, 0.5) is 26.3 Å². The molecule has 0 aliphatic carbocycles. The minimum Gasteiger partial charge on any atom is -0.476 e. The van der Waals surface area contributed by atoms with Gasteiger partial charge in [-0.15, -0.1) is 0 Å². The van der Waals surface area contributed by atoms with Gasteiger partial charge < -0.3 is 9.64 Å². The van der Waals surface area contributed by atoms with E-state index in [-0.39, 0.29) is 31.6 Å². The summed E-state index contributed by atoms with van der Waals surface area (Å²) in [5.41, 5.74) is -4.66. The van der Waals surface area contributed by atoms with Crippen LogP contribution in [0.15, 0.2) is 42.7 Å². The van der Waals surface area contributed by atoms with Gasteiger partial charge in [-0.3, -0.25) is 14.6 Å². The second-order valence-corrected chi connectivity index (χ2v) is 8.46. The SMILES string of the molecule is CCCC1N(C(=O)c2cnccc2C(F)(F)F)CCCC1(Oc1ccc(C(F)(F)F)cc1)C(=O)Cl. The zero-order valence-corrected chi connectivity index (χ0v) is 19.2. The van der Waals surface area contributed by atoms with Crippen LogP contribution in [-0.2, 0) is 17.1 Å². The Kier molecular flexibility index (Phi) is 7.68. The average Bonchev–Trinajstić information content (AvgIpc) is 2.79. The average molecular weight is 523 g/mol. The number of aromatic nitrogens is 1. The second kappa shape index (κ2) is 10.0. The highest BCUT2D eigenvalue weighted by atomic mass is 35.5. The van der Waals surface area contributed by atoms with Crippen LogP contribution in [-0.4, -0.2) is 39.2 Å². The summed E-state index contributed by atoms with van der Waals surface area (Å²) in [4.78, 5) is 30.8. The molecular formula is C23H21ClF6N2O3. The molecule has 2 heterocycles. The number of halogens is 7. The summed E-state index contributed by atoms with van der Waals surface area (Å²) in [6.45, 7) is 1.77. The van der Waals surface area contributed by atoms with Gasteiger partial charge in [-0.25, -0.2) is 0 Å². The number of likely N-dealkylation sites (tertiary alicyclic amines) is 1. The van der Waals surface area contributed by atoms with Crippen LogP contribution in [0, 0.1) is 0 Å². The predicted molar refractivity (Wildman–Crippen MR) is 114 cm³/mol. The largest absolute Gasteiger partial charge is 0.476 e. The van der Waals surface area contributed by atoms with Gasteiger partial charge in [0, 0.05) is 18.9 Å². The van der Waals surface area contributed by atoms with Crippen LogP contribution in [0.2, 0.25) is 0 Å². The lowest BCUT2D eigenvalue weighted by Gasteiger charge is -2.47. The van der Waals surface area contributed by atoms with Crippen molar-refractivity contribution in [2.24, 2.45) is 0 Å².